The van der Waals surface area contributed by atoms with E-state index in [0.717, 1.165) is 78.6 Å². The van der Waals surface area contributed by atoms with Gasteiger partial charge < -0.3 is 18.9 Å². The Labute approximate surface area is 812 Å². The van der Waals surface area contributed by atoms with Gasteiger partial charge in [-0.15, -0.1) is 0 Å². The Balaban J connectivity index is 0.531. The molecule has 2 spiro atoms. The molecule has 0 radical (unpaired) electrons. The van der Waals surface area contributed by atoms with Gasteiger partial charge in [-0.2, -0.15) is 0 Å². The molecule has 0 fully saturated rings. The molecule has 0 saturated carbocycles. The number of nitrogens with zero attached hydrogens (tertiary/aromatic N) is 4. The molecule has 0 amide bonds. The summed E-state index contributed by atoms with van der Waals surface area (Å²) in [5.74, 6) is 0. The second-order valence-electron chi connectivity index (χ2n) is 37.9. The van der Waals surface area contributed by atoms with Gasteiger partial charge in [0.25, 0.3) is 0 Å². The minimum absolute atomic E-state index is 0.569. The molecule has 0 saturated heterocycles. The van der Waals surface area contributed by atoms with Gasteiger partial charge in [0.1, 0.15) is 0 Å². The van der Waals surface area contributed by atoms with E-state index in [1.54, 1.807) is 0 Å². The highest BCUT2D eigenvalue weighted by Crippen LogP contribution is 2.65. The Morgan fingerprint density at radius 3 is 1.06 bits per heavy atom. The first-order chi connectivity index (χ1) is 69.5. The second-order valence-corrected chi connectivity index (χ2v) is 37.9. The molecule has 2 atom stereocenters. The Morgan fingerprint density at radius 2 is 0.479 bits per heavy atom. The fraction of sp³-hybridized carbons (Fsp3) is 0.0147. The lowest BCUT2D eigenvalue weighted by Gasteiger charge is -2.39. The maximum atomic E-state index is 2.60. The minimum atomic E-state index is -0.672. The maximum Gasteiger partial charge on any atom is 0.0754 e. The number of benzene rings is 23. The van der Waals surface area contributed by atoms with Crippen LogP contribution in [0.15, 0.2) is 522 Å². The van der Waals surface area contributed by atoms with Crippen LogP contribution in [-0.4, -0.2) is 9.13 Å². The topological polar surface area (TPSA) is 16.3 Å². The molecule has 650 valence electrons. The van der Waals surface area contributed by atoms with Crippen LogP contribution in [0.3, 0.4) is 0 Å². The number of aromatic nitrogens is 2. The van der Waals surface area contributed by atoms with Crippen molar-refractivity contribution >= 4 is 99.3 Å². The molecule has 23 aromatic carbocycles. The smallest absolute Gasteiger partial charge is 0.0754 e. The lowest BCUT2D eigenvalue weighted by Crippen LogP contribution is -2.33. The summed E-state index contributed by atoms with van der Waals surface area (Å²) >= 11 is 0. The Morgan fingerprint density at radius 1 is 0.157 bits per heavy atom. The van der Waals surface area contributed by atoms with Crippen LogP contribution in [-0.2, 0) is 10.8 Å². The first kappa shape index (κ1) is 79.2. The highest BCUT2D eigenvalue weighted by Gasteiger charge is 2.53. The van der Waals surface area contributed by atoms with Crippen molar-refractivity contribution in [1.29, 1.82) is 0 Å². The van der Waals surface area contributed by atoms with Crippen LogP contribution in [0, 0.1) is 0 Å². The van der Waals surface area contributed by atoms with Gasteiger partial charge in [-0.3, -0.25) is 0 Å². The summed E-state index contributed by atoms with van der Waals surface area (Å²) in [5.41, 5.74) is 46.7. The van der Waals surface area contributed by atoms with Crippen molar-refractivity contribution in [1.82, 2.24) is 9.13 Å². The molecule has 0 N–H and O–H groups in total. The molecule has 4 heterocycles. The third-order valence-corrected chi connectivity index (χ3v) is 31.0. The first-order valence-electron chi connectivity index (χ1n) is 48.7. The first-order valence-corrected chi connectivity index (χ1v) is 48.7. The van der Waals surface area contributed by atoms with Gasteiger partial charge in [0, 0.05) is 55.1 Å². The molecule has 2 aromatic heterocycles. The van der Waals surface area contributed by atoms with Crippen LogP contribution < -0.4 is 9.80 Å². The average Bonchev–Trinajstić information content (AvgIpc) is 1.49. The van der Waals surface area contributed by atoms with Crippen LogP contribution in [0.2, 0.25) is 0 Å². The van der Waals surface area contributed by atoms with Gasteiger partial charge in [-0.25, -0.2) is 0 Å². The quantitative estimate of drug-likeness (QED) is 0.108. The number of rotatable bonds is 14. The number of hydrogen-bond acceptors (Lipinski definition) is 2. The zero-order valence-electron chi connectivity index (χ0n) is 76.4. The summed E-state index contributed by atoms with van der Waals surface area (Å²) in [4.78, 5) is 4.92. The highest BCUT2D eigenvalue weighted by molar-refractivity contribution is 6.21. The number of anilines is 6. The van der Waals surface area contributed by atoms with Gasteiger partial charge >= 0.3 is 0 Å². The van der Waals surface area contributed by atoms with Crippen LogP contribution >= 0.6 is 0 Å². The summed E-state index contributed by atoms with van der Waals surface area (Å²) in [7, 11) is 0. The van der Waals surface area contributed by atoms with E-state index in [1.165, 1.54) is 188 Å². The molecule has 4 nitrogen and oxygen atoms in total. The van der Waals surface area contributed by atoms with E-state index in [9.17, 15) is 0 Å². The van der Waals surface area contributed by atoms with E-state index in [-0.39, 0.29) is 0 Å². The standard InChI is InChI=1S/C136H86N4/c1-3-29-87(30-4-1)89-61-65-95(66-62-89)104-36-11-18-54-125(104)137(99-77-69-91(70-78-99)97-75-83-111-109-38-9-14-48-117(109)135(123(111)85-97)119-50-16-21-57-129(119)139-128-56-20-13-40-113(128)115-46-26-52-121(135)133(115)139)100-81-73-94(74-82-100)102-41-24-43-107-106(102)42-25-44-108(107)114-45-28-60-131-132(114)116-47-27-53-122-134(116)140(131)130-58-22-17-51-120(130)136(122)118-49-15-10-39-110(118)112-84-76-98(86-124(112)136)92-71-79-101(80-72-92)138(127-59-23-34-93-33-7-8-35-103(93)127)126-55-19-12-37-105(126)96-67-63-90(64-68-96)88-31-5-2-6-32-88/h1-86H. The molecular formula is C136H86N4. The molecule has 2 aliphatic carbocycles. The van der Waals surface area contributed by atoms with Crippen molar-refractivity contribution in [2.45, 2.75) is 10.8 Å². The minimum Gasteiger partial charge on any atom is -0.310 e. The second kappa shape index (κ2) is 31.2. The van der Waals surface area contributed by atoms with E-state index < -0.39 is 10.8 Å². The maximum absolute atomic E-state index is 2.60. The lowest BCUT2D eigenvalue weighted by molar-refractivity contribution is 0.749. The SMILES string of the molecule is c1ccc(-c2ccc(-c3ccccc3N(c3ccc(-c4ccc5c(c4)C4(c6ccccc6-5)c5ccccc5-n5c6ccccc6c6cccc4c65)cc3)c3ccc(-c4cccc5c(-c6cccc7c6c6cccc8c6n7-c6ccccc6C86c7ccccc7-c7ccc(-c8ccc(N(c9ccccc9-c9ccc(-c%10ccccc%10)cc9)c9cccc%10ccccc9%10)cc8)cc76)cccc45)cc3)cc2)cc1. The summed E-state index contributed by atoms with van der Waals surface area (Å²) in [6.45, 7) is 0. The highest BCUT2D eigenvalue weighted by atomic mass is 15.2. The van der Waals surface area contributed by atoms with E-state index in [4.69, 9.17) is 0 Å². The average molecular weight is 1780 g/mol. The van der Waals surface area contributed by atoms with Gasteiger partial charge in [0.2, 0.25) is 0 Å². The third kappa shape index (κ3) is 11.6. The molecule has 2 unspecified atom stereocenters. The summed E-state index contributed by atoms with van der Waals surface area (Å²) in [6, 6.07) is 196. The van der Waals surface area contributed by atoms with Crippen LogP contribution in [0.1, 0.15) is 44.5 Å². The van der Waals surface area contributed by atoms with Crippen LogP contribution in [0.4, 0.5) is 34.1 Å². The predicted octanol–water partition coefficient (Wildman–Crippen LogP) is 35.8. The van der Waals surface area contributed by atoms with Gasteiger partial charge in [-0.05, 0) is 252 Å². The molecule has 4 heteroatoms. The molecular weight excluding hydrogens is 1690 g/mol. The normalized spacial score (nSPS) is 14.3. The fourth-order valence-corrected chi connectivity index (χ4v) is 25.0. The predicted molar refractivity (Wildman–Crippen MR) is 585 cm³/mol. The zero-order valence-corrected chi connectivity index (χ0v) is 76.4. The van der Waals surface area contributed by atoms with Gasteiger partial charge in [0.15, 0.2) is 0 Å². The van der Waals surface area contributed by atoms with Crippen molar-refractivity contribution in [3.05, 3.63) is 566 Å². The summed E-state index contributed by atoms with van der Waals surface area (Å²) in [6.07, 6.45) is 0. The monoisotopic (exact) mass is 1770 g/mol. The Hall–Kier alpha value is -18.2. The molecule has 4 aliphatic rings. The lowest BCUT2D eigenvalue weighted by atomic mass is 9.65. The van der Waals surface area contributed by atoms with Crippen molar-refractivity contribution in [3.63, 3.8) is 0 Å². The van der Waals surface area contributed by atoms with Crippen molar-refractivity contribution in [3.8, 4) is 123 Å². The third-order valence-electron chi connectivity index (χ3n) is 31.0. The summed E-state index contributed by atoms with van der Waals surface area (Å²) in [5, 5.41) is 9.78. The van der Waals surface area contributed by atoms with E-state index in [1.807, 2.05) is 0 Å². The Bertz CT molecular complexity index is 9410. The van der Waals surface area contributed by atoms with Gasteiger partial charge in [0.05, 0.1) is 61.3 Å². The van der Waals surface area contributed by atoms with Crippen LogP contribution in [0.5, 0.6) is 0 Å². The number of hydrogen-bond donors (Lipinski definition) is 0. The molecule has 29 rings (SSSR count). The van der Waals surface area contributed by atoms with Crippen molar-refractivity contribution in [2.75, 3.05) is 9.80 Å². The largest absolute Gasteiger partial charge is 0.310 e. The molecule has 25 aromatic rings. The molecule has 0 bridgehead atoms. The number of fused-ring (bicyclic) bond motifs is 26. The van der Waals surface area contributed by atoms with E-state index in [0.29, 0.717) is 0 Å². The number of para-hydroxylation sites is 7. The van der Waals surface area contributed by atoms with E-state index >= 15 is 0 Å². The molecule has 140 heavy (non-hydrogen) atoms. The summed E-state index contributed by atoms with van der Waals surface area (Å²) < 4.78 is 5.13. The molecule has 2 aliphatic heterocycles. The van der Waals surface area contributed by atoms with Gasteiger partial charge in [-0.1, -0.05) is 431 Å². The zero-order chi connectivity index (χ0) is 91.8. The van der Waals surface area contributed by atoms with Crippen LogP contribution in [0.25, 0.3) is 188 Å². The Kier molecular flexibility index (Phi) is 17.6. The van der Waals surface area contributed by atoms with E-state index in [2.05, 4.69) is 541 Å². The van der Waals surface area contributed by atoms with Crippen molar-refractivity contribution < 1.29 is 0 Å². The fourth-order valence-electron chi connectivity index (χ4n) is 25.0. The van der Waals surface area contributed by atoms with Crippen molar-refractivity contribution in [2.24, 2.45) is 0 Å².